The maximum Gasteiger partial charge on any atom is 0.250 e. The molecule has 0 amide bonds. The predicted molar refractivity (Wildman–Crippen MR) is 41.5 cm³/mol. The van der Waals surface area contributed by atoms with Crippen LogP contribution in [0.25, 0.3) is 0 Å². The number of aliphatic hydroxyl groups is 1. The average Bonchev–Trinajstić information content (AvgIpc) is 2.22. The number of hydrogen-bond acceptors (Lipinski definition) is 3. The summed E-state index contributed by atoms with van der Waals surface area (Å²) in [5.74, 6) is -2.72. The maximum absolute atomic E-state index is 12.9. The van der Waals surface area contributed by atoms with E-state index in [1.165, 1.54) is 0 Å². The number of rotatable bonds is 1. The van der Waals surface area contributed by atoms with Crippen molar-refractivity contribution in [1.82, 2.24) is 0 Å². The van der Waals surface area contributed by atoms with E-state index >= 15 is 0 Å². The Bertz CT molecular complexity index is 230. The summed E-state index contributed by atoms with van der Waals surface area (Å²) >= 11 is 0. The third-order valence-electron chi connectivity index (χ3n) is 3.12. The molecule has 76 valence electrons. The van der Waals surface area contributed by atoms with E-state index in [2.05, 4.69) is 0 Å². The lowest BCUT2D eigenvalue weighted by Gasteiger charge is -2.47. The highest BCUT2D eigenvalue weighted by molar-refractivity contribution is 5.13. The van der Waals surface area contributed by atoms with E-state index in [0.29, 0.717) is 0 Å². The van der Waals surface area contributed by atoms with Gasteiger partial charge in [0.2, 0.25) is 5.92 Å². The fourth-order valence-corrected chi connectivity index (χ4v) is 2.02. The van der Waals surface area contributed by atoms with E-state index in [1.807, 2.05) is 0 Å². The smallest absolute Gasteiger partial charge is 0.250 e. The van der Waals surface area contributed by atoms with Gasteiger partial charge in [-0.1, -0.05) is 0 Å². The van der Waals surface area contributed by atoms with Crippen LogP contribution < -0.4 is 5.73 Å². The minimum absolute atomic E-state index is 0.0829. The first-order valence-electron chi connectivity index (χ1n) is 4.34. The summed E-state index contributed by atoms with van der Waals surface area (Å²) in [4.78, 5) is 0. The number of ether oxygens (including phenoxy) is 1. The summed E-state index contributed by atoms with van der Waals surface area (Å²) < 4.78 is 30.6. The molecule has 1 saturated carbocycles. The Hall–Kier alpha value is -0.260. The predicted octanol–water partition coefficient (Wildman–Crippen LogP) is 0.264. The summed E-state index contributed by atoms with van der Waals surface area (Å²) in [5.41, 5.74) is 3.38. The molecule has 2 rings (SSSR count). The molecule has 13 heavy (non-hydrogen) atoms. The molecule has 0 radical (unpaired) electrons. The molecule has 1 unspecified atom stereocenters. The largest absolute Gasteiger partial charge is 0.383 e. The van der Waals surface area contributed by atoms with Gasteiger partial charge in [0.15, 0.2) is 0 Å². The fraction of sp³-hybridized carbons (Fsp3) is 1.00. The quantitative estimate of drug-likeness (QED) is 0.628. The molecule has 0 aromatic rings. The molecule has 0 bridgehead atoms. The number of halogens is 2. The average molecular weight is 193 g/mol. The molecule has 0 aromatic carbocycles. The number of nitrogens with two attached hydrogens (primary N) is 1. The zero-order valence-corrected chi connectivity index (χ0v) is 7.22. The first kappa shape index (κ1) is 9.30. The Labute approximate surface area is 74.9 Å². The van der Waals surface area contributed by atoms with Gasteiger partial charge in [0.1, 0.15) is 5.60 Å². The molecule has 3 nitrogen and oxygen atoms in total. The van der Waals surface area contributed by atoms with Crippen LogP contribution in [0.15, 0.2) is 0 Å². The SMILES string of the molecule is NC1(C2(O)COC2)CCC(F)(F)C1. The molecular weight excluding hydrogens is 180 g/mol. The summed E-state index contributed by atoms with van der Waals surface area (Å²) in [5, 5.41) is 9.82. The highest BCUT2D eigenvalue weighted by atomic mass is 19.3. The Kier molecular flexibility index (Phi) is 1.72. The Morgan fingerprint density at radius 2 is 1.85 bits per heavy atom. The normalized spacial score (nSPS) is 41.5. The van der Waals surface area contributed by atoms with Crippen LogP contribution >= 0.6 is 0 Å². The van der Waals surface area contributed by atoms with E-state index in [9.17, 15) is 13.9 Å². The van der Waals surface area contributed by atoms with Crippen molar-refractivity contribution in [2.45, 2.75) is 36.3 Å². The van der Waals surface area contributed by atoms with E-state index in [0.717, 1.165) is 0 Å². The summed E-state index contributed by atoms with van der Waals surface area (Å²) in [6.45, 7) is 0.166. The van der Waals surface area contributed by atoms with Crippen molar-refractivity contribution in [3.8, 4) is 0 Å². The summed E-state index contributed by atoms with van der Waals surface area (Å²) in [6, 6.07) is 0. The molecule has 1 aliphatic heterocycles. The molecule has 0 spiro atoms. The van der Waals surface area contributed by atoms with Crippen molar-refractivity contribution in [1.29, 1.82) is 0 Å². The van der Waals surface area contributed by atoms with E-state index in [1.54, 1.807) is 0 Å². The minimum Gasteiger partial charge on any atom is -0.383 e. The van der Waals surface area contributed by atoms with Crippen LogP contribution in [0, 0.1) is 0 Å². The van der Waals surface area contributed by atoms with Crippen LogP contribution in [0.3, 0.4) is 0 Å². The third kappa shape index (κ3) is 1.26. The lowest BCUT2D eigenvalue weighted by atomic mass is 9.77. The van der Waals surface area contributed by atoms with Gasteiger partial charge in [0.05, 0.1) is 18.8 Å². The lowest BCUT2D eigenvalue weighted by Crippen LogP contribution is -2.69. The van der Waals surface area contributed by atoms with Crippen LogP contribution in [-0.2, 0) is 4.74 Å². The van der Waals surface area contributed by atoms with Crippen LogP contribution in [0.4, 0.5) is 8.78 Å². The second kappa shape index (κ2) is 2.40. The van der Waals surface area contributed by atoms with E-state index in [-0.39, 0.29) is 26.1 Å². The molecule has 1 saturated heterocycles. The number of hydrogen-bond donors (Lipinski definition) is 2. The van der Waals surface area contributed by atoms with Gasteiger partial charge in [-0.05, 0) is 6.42 Å². The van der Waals surface area contributed by atoms with Crippen LogP contribution in [0.5, 0.6) is 0 Å². The highest BCUT2D eigenvalue weighted by Gasteiger charge is 2.60. The monoisotopic (exact) mass is 193 g/mol. The molecule has 3 N–H and O–H groups in total. The molecular formula is C8H13F2NO2. The summed E-state index contributed by atoms with van der Waals surface area (Å²) in [6.07, 6.45) is -0.495. The van der Waals surface area contributed by atoms with Crippen molar-refractivity contribution in [2.24, 2.45) is 5.73 Å². The van der Waals surface area contributed by atoms with Gasteiger partial charge in [-0.3, -0.25) is 0 Å². The molecule has 2 fully saturated rings. The van der Waals surface area contributed by atoms with Crippen LogP contribution in [-0.4, -0.2) is 35.4 Å². The minimum atomic E-state index is -2.72. The van der Waals surface area contributed by atoms with Crippen LogP contribution in [0.1, 0.15) is 19.3 Å². The highest BCUT2D eigenvalue weighted by Crippen LogP contribution is 2.47. The first-order chi connectivity index (χ1) is 5.87. The topological polar surface area (TPSA) is 55.5 Å². The van der Waals surface area contributed by atoms with Gasteiger partial charge in [0, 0.05) is 12.8 Å². The Morgan fingerprint density at radius 3 is 2.15 bits per heavy atom. The zero-order valence-electron chi connectivity index (χ0n) is 7.22. The number of alkyl halides is 2. The lowest BCUT2D eigenvalue weighted by molar-refractivity contribution is -0.216. The first-order valence-corrected chi connectivity index (χ1v) is 4.34. The van der Waals surface area contributed by atoms with Crippen molar-refractivity contribution in [2.75, 3.05) is 13.2 Å². The van der Waals surface area contributed by atoms with Crippen molar-refractivity contribution >= 4 is 0 Å². The van der Waals surface area contributed by atoms with Gasteiger partial charge in [-0.15, -0.1) is 0 Å². The van der Waals surface area contributed by atoms with Crippen molar-refractivity contribution < 1.29 is 18.6 Å². The van der Waals surface area contributed by atoms with Gasteiger partial charge < -0.3 is 15.6 Å². The Morgan fingerprint density at radius 1 is 1.23 bits per heavy atom. The van der Waals surface area contributed by atoms with Gasteiger partial charge in [-0.25, -0.2) is 8.78 Å². The fourth-order valence-electron chi connectivity index (χ4n) is 2.02. The van der Waals surface area contributed by atoms with E-state index < -0.39 is 23.5 Å². The van der Waals surface area contributed by atoms with Crippen molar-refractivity contribution in [3.05, 3.63) is 0 Å². The molecule has 1 heterocycles. The summed E-state index contributed by atoms with van der Waals surface area (Å²) in [7, 11) is 0. The maximum atomic E-state index is 12.9. The zero-order chi connectivity index (χ0) is 9.74. The third-order valence-corrected chi connectivity index (χ3v) is 3.12. The Balaban J connectivity index is 2.14. The van der Waals surface area contributed by atoms with E-state index in [4.69, 9.17) is 10.5 Å². The van der Waals surface area contributed by atoms with Crippen LogP contribution in [0.2, 0.25) is 0 Å². The molecule has 2 aliphatic rings. The van der Waals surface area contributed by atoms with Gasteiger partial charge in [-0.2, -0.15) is 0 Å². The second-order valence-corrected chi connectivity index (χ2v) is 4.21. The van der Waals surface area contributed by atoms with Gasteiger partial charge in [0.25, 0.3) is 0 Å². The van der Waals surface area contributed by atoms with Gasteiger partial charge >= 0.3 is 0 Å². The molecule has 5 heteroatoms. The molecule has 1 aliphatic carbocycles. The van der Waals surface area contributed by atoms with Crippen molar-refractivity contribution in [3.63, 3.8) is 0 Å². The molecule has 1 atom stereocenters. The standard InChI is InChI=1S/C8H13F2NO2/c9-8(10)2-1-6(11,3-8)7(12)4-13-5-7/h12H,1-5,11H2. The second-order valence-electron chi connectivity index (χ2n) is 4.21. The molecule has 0 aromatic heterocycles.